The van der Waals surface area contributed by atoms with Crippen LogP contribution < -0.4 is 10.4 Å². The summed E-state index contributed by atoms with van der Waals surface area (Å²) in [5.41, 5.74) is 2.68. The Bertz CT molecular complexity index is 897. The van der Waals surface area contributed by atoms with Gasteiger partial charge in [-0.15, -0.1) is 0 Å². The summed E-state index contributed by atoms with van der Waals surface area (Å²) in [6.07, 6.45) is -1.78. The molecule has 1 fully saturated rings. The highest BCUT2D eigenvalue weighted by Crippen LogP contribution is 2.32. The molecule has 2 heterocycles. The van der Waals surface area contributed by atoms with Crippen LogP contribution in [-0.2, 0) is 15.8 Å². The number of amides is 2. The number of carbonyl (C=O) groups excluding carboxylic acids is 2. The van der Waals surface area contributed by atoms with E-state index in [2.05, 4.69) is 5.43 Å². The third-order valence-electron chi connectivity index (χ3n) is 3.92. The van der Waals surface area contributed by atoms with E-state index in [1.165, 1.54) is 24.5 Å². The number of anilines is 1. The molecule has 5 nitrogen and oxygen atoms in total. The van der Waals surface area contributed by atoms with Crippen molar-refractivity contribution in [3.05, 3.63) is 58.6 Å². The predicted octanol–water partition coefficient (Wildman–Crippen LogP) is 3.38. The SMILES string of the molecule is Cc1coc(/C=C2/C(=O)NN(c3cccc(C(F)(F)F)c3)C2=O)c1C. The Morgan fingerprint density at radius 3 is 2.52 bits per heavy atom. The number of alkyl halides is 3. The number of furan rings is 1. The molecule has 1 aromatic carbocycles. The van der Waals surface area contributed by atoms with Crippen molar-refractivity contribution < 1.29 is 27.2 Å². The van der Waals surface area contributed by atoms with E-state index in [0.717, 1.165) is 28.3 Å². The Morgan fingerprint density at radius 2 is 1.92 bits per heavy atom. The maximum Gasteiger partial charge on any atom is 0.416 e. The second-order valence-electron chi connectivity index (χ2n) is 5.60. The molecule has 1 aromatic heterocycles. The molecule has 0 saturated carbocycles. The molecule has 25 heavy (non-hydrogen) atoms. The second kappa shape index (κ2) is 5.80. The van der Waals surface area contributed by atoms with Gasteiger partial charge in [0, 0.05) is 0 Å². The third-order valence-corrected chi connectivity index (χ3v) is 3.92. The molecule has 1 aliphatic heterocycles. The first-order chi connectivity index (χ1) is 11.7. The van der Waals surface area contributed by atoms with E-state index in [1.54, 1.807) is 6.92 Å². The maximum atomic E-state index is 12.8. The summed E-state index contributed by atoms with van der Waals surface area (Å²) in [5.74, 6) is -1.12. The van der Waals surface area contributed by atoms with E-state index in [9.17, 15) is 22.8 Å². The van der Waals surface area contributed by atoms with Crippen LogP contribution in [-0.4, -0.2) is 11.8 Å². The van der Waals surface area contributed by atoms with Gasteiger partial charge in [0.05, 0.1) is 17.5 Å². The molecule has 130 valence electrons. The topological polar surface area (TPSA) is 62.6 Å². The summed E-state index contributed by atoms with van der Waals surface area (Å²) in [6, 6.07) is 4.15. The van der Waals surface area contributed by atoms with Gasteiger partial charge in [-0.1, -0.05) is 6.07 Å². The molecule has 0 atom stereocenters. The zero-order valence-corrected chi connectivity index (χ0v) is 13.3. The van der Waals surface area contributed by atoms with Gasteiger partial charge in [0.25, 0.3) is 11.8 Å². The molecule has 2 amide bonds. The first kappa shape index (κ1) is 16.8. The van der Waals surface area contributed by atoms with Gasteiger partial charge in [-0.25, -0.2) is 5.01 Å². The zero-order chi connectivity index (χ0) is 18.4. The minimum absolute atomic E-state index is 0.0797. The zero-order valence-electron chi connectivity index (χ0n) is 13.3. The van der Waals surface area contributed by atoms with Crippen molar-refractivity contribution in [1.82, 2.24) is 5.43 Å². The normalized spacial score (nSPS) is 16.7. The minimum atomic E-state index is -4.55. The van der Waals surface area contributed by atoms with Gasteiger partial charge in [0.1, 0.15) is 11.3 Å². The molecule has 0 unspecified atom stereocenters. The number of benzene rings is 1. The van der Waals surface area contributed by atoms with Crippen molar-refractivity contribution in [3.63, 3.8) is 0 Å². The molecule has 1 aliphatic rings. The smallest absolute Gasteiger partial charge is 0.416 e. The number of hydrogen-bond donors (Lipinski definition) is 1. The van der Waals surface area contributed by atoms with Crippen molar-refractivity contribution in [1.29, 1.82) is 0 Å². The molecule has 3 rings (SSSR count). The number of nitrogens with zero attached hydrogens (tertiary/aromatic N) is 1. The standard InChI is InChI=1S/C17H13F3N2O3/c1-9-8-25-14(10(9)2)7-13-15(23)21-22(16(13)24)12-5-3-4-11(6-12)17(18,19)20/h3-8H,1-2H3,(H,21,23)/b13-7-. The Kier molecular flexibility index (Phi) is 3.90. The predicted molar refractivity (Wildman–Crippen MR) is 83.2 cm³/mol. The van der Waals surface area contributed by atoms with Gasteiger partial charge in [0.2, 0.25) is 0 Å². The van der Waals surface area contributed by atoms with Crippen molar-refractivity contribution in [3.8, 4) is 0 Å². The van der Waals surface area contributed by atoms with Crippen LogP contribution in [0, 0.1) is 13.8 Å². The summed E-state index contributed by atoms with van der Waals surface area (Å²) in [5, 5.41) is 0.786. The van der Waals surface area contributed by atoms with E-state index >= 15 is 0 Å². The first-order valence-corrected chi connectivity index (χ1v) is 7.27. The number of hydrazine groups is 1. The average molecular weight is 350 g/mol. The summed E-state index contributed by atoms with van der Waals surface area (Å²) in [4.78, 5) is 24.5. The van der Waals surface area contributed by atoms with E-state index in [1.807, 2.05) is 6.92 Å². The molecule has 8 heteroatoms. The maximum absolute atomic E-state index is 12.8. The van der Waals surface area contributed by atoms with Gasteiger partial charge in [-0.05, 0) is 49.2 Å². The lowest BCUT2D eigenvalue weighted by atomic mass is 10.1. The Balaban J connectivity index is 1.96. The van der Waals surface area contributed by atoms with Crippen molar-refractivity contribution >= 4 is 23.6 Å². The van der Waals surface area contributed by atoms with Crippen LogP contribution in [0.5, 0.6) is 0 Å². The molecule has 2 aromatic rings. The highest BCUT2D eigenvalue weighted by molar-refractivity contribution is 6.31. The van der Waals surface area contributed by atoms with E-state index in [0.29, 0.717) is 5.76 Å². The van der Waals surface area contributed by atoms with Crippen molar-refractivity contribution in [2.45, 2.75) is 20.0 Å². The van der Waals surface area contributed by atoms with Crippen LogP contribution in [0.1, 0.15) is 22.5 Å². The number of carbonyl (C=O) groups is 2. The number of halogens is 3. The molecular formula is C17H13F3N2O3. The van der Waals surface area contributed by atoms with Gasteiger partial charge < -0.3 is 4.42 Å². The quantitative estimate of drug-likeness (QED) is 0.667. The van der Waals surface area contributed by atoms with Crippen LogP contribution in [0.25, 0.3) is 6.08 Å². The highest BCUT2D eigenvalue weighted by atomic mass is 19.4. The number of hydrogen-bond acceptors (Lipinski definition) is 3. The van der Waals surface area contributed by atoms with Crippen LogP contribution in [0.3, 0.4) is 0 Å². The fraction of sp³-hybridized carbons (Fsp3) is 0.176. The summed E-state index contributed by atoms with van der Waals surface area (Å²) >= 11 is 0. The lowest BCUT2D eigenvalue weighted by molar-refractivity contribution is -0.137. The third kappa shape index (κ3) is 3.02. The summed E-state index contributed by atoms with van der Waals surface area (Å²) < 4.78 is 43.8. The number of nitrogens with one attached hydrogen (secondary N) is 1. The lowest BCUT2D eigenvalue weighted by Gasteiger charge is -2.16. The molecule has 0 radical (unpaired) electrons. The Morgan fingerprint density at radius 1 is 1.20 bits per heavy atom. The van der Waals surface area contributed by atoms with Crippen molar-refractivity contribution in [2.75, 3.05) is 5.01 Å². The summed E-state index contributed by atoms with van der Waals surface area (Å²) in [6.45, 7) is 3.58. The monoisotopic (exact) mass is 350 g/mol. The van der Waals surface area contributed by atoms with Gasteiger partial charge in [0.15, 0.2) is 0 Å². The largest absolute Gasteiger partial charge is 0.464 e. The van der Waals surface area contributed by atoms with E-state index in [4.69, 9.17) is 4.42 Å². The first-order valence-electron chi connectivity index (χ1n) is 7.27. The fourth-order valence-electron chi connectivity index (χ4n) is 2.36. The molecule has 1 saturated heterocycles. The molecule has 0 spiro atoms. The molecule has 0 aliphatic carbocycles. The molecule has 1 N–H and O–H groups in total. The molecular weight excluding hydrogens is 337 g/mol. The Labute approximate surface area is 140 Å². The van der Waals surface area contributed by atoms with Crippen LogP contribution in [0.15, 0.2) is 40.5 Å². The van der Waals surface area contributed by atoms with Crippen molar-refractivity contribution in [2.24, 2.45) is 0 Å². The van der Waals surface area contributed by atoms with Gasteiger partial charge in [-0.3, -0.25) is 15.0 Å². The number of rotatable bonds is 2. The fourth-order valence-corrected chi connectivity index (χ4v) is 2.36. The van der Waals surface area contributed by atoms with E-state index < -0.39 is 23.6 Å². The highest BCUT2D eigenvalue weighted by Gasteiger charge is 2.37. The molecule has 0 bridgehead atoms. The van der Waals surface area contributed by atoms with Crippen LogP contribution in [0.2, 0.25) is 0 Å². The van der Waals surface area contributed by atoms with Gasteiger partial charge in [-0.2, -0.15) is 13.2 Å². The average Bonchev–Trinajstić information content (AvgIpc) is 3.02. The Hall–Kier alpha value is -3.03. The van der Waals surface area contributed by atoms with Gasteiger partial charge >= 0.3 is 6.18 Å². The second-order valence-corrected chi connectivity index (χ2v) is 5.60. The van der Waals surface area contributed by atoms with E-state index in [-0.39, 0.29) is 11.3 Å². The van der Waals surface area contributed by atoms with Crippen LogP contribution >= 0.6 is 0 Å². The number of aryl methyl sites for hydroxylation is 1. The van der Waals surface area contributed by atoms with Crippen LogP contribution in [0.4, 0.5) is 18.9 Å². The lowest BCUT2D eigenvalue weighted by Crippen LogP contribution is -2.35. The minimum Gasteiger partial charge on any atom is -0.464 e. The summed E-state index contributed by atoms with van der Waals surface area (Å²) in [7, 11) is 0.